The summed E-state index contributed by atoms with van der Waals surface area (Å²) >= 11 is 0. The fourth-order valence-corrected chi connectivity index (χ4v) is 4.10. The van der Waals surface area contributed by atoms with E-state index in [9.17, 15) is 0 Å². The van der Waals surface area contributed by atoms with E-state index in [1.54, 1.807) is 11.1 Å². The number of benzene rings is 1. The van der Waals surface area contributed by atoms with Crippen LogP contribution in [0.3, 0.4) is 0 Å². The zero-order chi connectivity index (χ0) is 14.2. The SMILES string of the molecule is CC1CCC(NC2CCC(C)(C)c3ccccc32)CC1. The zero-order valence-electron chi connectivity index (χ0n) is 13.3. The van der Waals surface area contributed by atoms with Crippen molar-refractivity contribution in [3.05, 3.63) is 35.4 Å². The van der Waals surface area contributed by atoms with Crippen molar-refractivity contribution in [2.75, 3.05) is 0 Å². The van der Waals surface area contributed by atoms with Crippen molar-refractivity contribution in [1.82, 2.24) is 5.32 Å². The second-order valence-electron chi connectivity index (χ2n) is 7.69. The van der Waals surface area contributed by atoms with Crippen LogP contribution in [0, 0.1) is 5.92 Å². The molecule has 3 rings (SSSR count). The predicted octanol–water partition coefficient (Wildman–Crippen LogP) is 4.97. The van der Waals surface area contributed by atoms with Crippen molar-refractivity contribution < 1.29 is 0 Å². The highest BCUT2D eigenvalue weighted by Gasteiger charge is 2.33. The minimum atomic E-state index is 0.343. The summed E-state index contributed by atoms with van der Waals surface area (Å²) in [4.78, 5) is 0. The van der Waals surface area contributed by atoms with E-state index in [0.717, 1.165) is 12.0 Å². The van der Waals surface area contributed by atoms with Crippen molar-refractivity contribution in [2.45, 2.75) is 76.8 Å². The van der Waals surface area contributed by atoms with Crippen LogP contribution >= 0.6 is 0 Å². The predicted molar refractivity (Wildman–Crippen MR) is 86.0 cm³/mol. The number of hydrogen-bond donors (Lipinski definition) is 1. The lowest BCUT2D eigenvalue weighted by Gasteiger charge is -2.40. The molecule has 110 valence electrons. The Labute approximate surface area is 124 Å². The largest absolute Gasteiger partial charge is 0.307 e. The Hall–Kier alpha value is -0.820. The first-order valence-electron chi connectivity index (χ1n) is 8.42. The number of hydrogen-bond acceptors (Lipinski definition) is 1. The topological polar surface area (TPSA) is 12.0 Å². The molecule has 0 spiro atoms. The van der Waals surface area contributed by atoms with Gasteiger partial charge in [0.15, 0.2) is 0 Å². The Bertz CT molecular complexity index is 455. The Balaban J connectivity index is 1.75. The lowest BCUT2D eigenvalue weighted by molar-refractivity contribution is 0.263. The minimum Gasteiger partial charge on any atom is -0.307 e. The molecule has 1 unspecified atom stereocenters. The molecule has 0 bridgehead atoms. The third-order valence-corrected chi connectivity index (χ3v) is 5.58. The fraction of sp³-hybridized carbons (Fsp3) is 0.684. The molecule has 0 aliphatic heterocycles. The average molecular weight is 271 g/mol. The molecule has 1 fully saturated rings. The summed E-state index contributed by atoms with van der Waals surface area (Å²) < 4.78 is 0. The maximum Gasteiger partial charge on any atom is 0.0325 e. The maximum atomic E-state index is 3.97. The quantitative estimate of drug-likeness (QED) is 0.801. The highest BCUT2D eigenvalue weighted by atomic mass is 15.0. The molecule has 1 atom stereocenters. The lowest BCUT2D eigenvalue weighted by atomic mass is 9.70. The molecule has 1 saturated carbocycles. The van der Waals surface area contributed by atoms with Gasteiger partial charge in [0.25, 0.3) is 0 Å². The normalized spacial score (nSPS) is 32.6. The van der Waals surface area contributed by atoms with Crippen LogP contribution in [0.4, 0.5) is 0 Å². The summed E-state index contributed by atoms with van der Waals surface area (Å²) in [5, 5.41) is 3.97. The average Bonchev–Trinajstić information content (AvgIpc) is 2.45. The molecule has 0 amide bonds. The van der Waals surface area contributed by atoms with Crippen molar-refractivity contribution in [3.8, 4) is 0 Å². The van der Waals surface area contributed by atoms with Gasteiger partial charge in [-0.1, -0.05) is 45.0 Å². The first-order chi connectivity index (χ1) is 9.56. The second kappa shape index (κ2) is 5.52. The highest BCUT2D eigenvalue weighted by molar-refractivity contribution is 5.38. The van der Waals surface area contributed by atoms with E-state index < -0.39 is 0 Å². The van der Waals surface area contributed by atoms with Gasteiger partial charge in [0.1, 0.15) is 0 Å². The van der Waals surface area contributed by atoms with Gasteiger partial charge in [-0.2, -0.15) is 0 Å². The van der Waals surface area contributed by atoms with E-state index in [1.807, 2.05) is 0 Å². The van der Waals surface area contributed by atoms with Gasteiger partial charge in [0, 0.05) is 12.1 Å². The molecular weight excluding hydrogens is 242 g/mol. The number of fused-ring (bicyclic) bond motifs is 1. The van der Waals surface area contributed by atoms with Gasteiger partial charge in [0.05, 0.1) is 0 Å². The Morgan fingerprint density at radius 2 is 1.70 bits per heavy atom. The van der Waals surface area contributed by atoms with Crippen LogP contribution < -0.4 is 5.32 Å². The Morgan fingerprint density at radius 1 is 1.00 bits per heavy atom. The van der Waals surface area contributed by atoms with Gasteiger partial charge in [-0.3, -0.25) is 0 Å². The fourth-order valence-electron chi connectivity index (χ4n) is 4.10. The van der Waals surface area contributed by atoms with Gasteiger partial charge in [-0.25, -0.2) is 0 Å². The summed E-state index contributed by atoms with van der Waals surface area (Å²) in [6.07, 6.45) is 8.11. The summed E-state index contributed by atoms with van der Waals surface area (Å²) in [6.45, 7) is 7.18. The third-order valence-electron chi connectivity index (χ3n) is 5.58. The van der Waals surface area contributed by atoms with Gasteiger partial charge in [-0.15, -0.1) is 0 Å². The van der Waals surface area contributed by atoms with E-state index in [1.165, 1.54) is 38.5 Å². The molecule has 1 aromatic carbocycles. The summed E-state index contributed by atoms with van der Waals surface area (Å²) in [7, 11) is 0. The molecule has 1 nitrogen and oxygen atoms in total. The van der Waals surface area contributed by atoms with Crippen molar-refractivity contribution >= 4 is 0 Å². The Kier molecular flexibility index (Phi) is 3.90. The molecular formula is C19H29N. The monoisotopic (exact) mass is 271 g/mol. The van der Waals surface area contributed by atoms with Gasteiger partial charge < -0.3 is 5.32 Å². The molecule has 1 heteroatoms. The highest BCUT2D eigenvalue weighted by Crippen LogP contribution is 2.42. The zero-order valence-corrected chi connectivity index (χ0v) is 13.3. The number of nitrogens with one attached hydrogen (secondary N) is 1. The van der Waals surface area contributed by atoms with Crippen LogP contribution in [0.2, 0.25) is 0 Å². The van der Waals surface area contributed by atoms with Crippen LogP contribution in [-0.2, 0) is 5.41 Å². The van der Waals surface area contributed by atoms with Crippen molar-refractivity contribution in [2.24, 2.45) is 5.92 Å². The molecule has 1 N–H and O–H groups in total. The van der Waals surface area contributed by atoms with E-state index >= 15 is 0 Å². The van der Waals surface area contributed by atoms with Crippen LogP contribution in [0.15, 0.2) is 24.3 Å². The molecule has 0 aromatic heterocycles. The van der Waals surface area contributed by atoms with Crippen LogP contribution in [0.1, 0.15) is 76.5 Å². The minimum absolute atomic E-state index is 0.343. The van der Waals surface area contributed by atoms with E-state index in [2.05, 4.69) is 50.4 Å². The van der Waals surface area contributed by atoms with Crippen LogP contribution in [0.5, 0.6) is 0 Å². The Morgan fingerprint density at radius 3 is 2.45 bits per heavy atom. The molecule has 2 aliphatic rings. The molecule has 0 radical (unpaired) electrons. The third kappa shape index (κ3) is 2.79. The van der Waals surface area contributed by atoms with E-state index in [4.69, 9.17) is 0 Å². The number of rotatable bonds is 2. The molecule has 20 heavy (non-hydrogen) atoms. The van der Waals surface area contributed by atoms with Crippen molar-refractivity contribution in [3.63, 3.8) is 0 Å². The lowest BCUT2D eigenvalue weighted by Crippen LogP contribution is -2.39. The van der Waals surface area contributed by atoms with E-state index in [-0.39, 0.29) is 0 Å². The van der Waals surface area contributed by atoms with Gasteiger partial charge in [-0.05, 0) is 61.0 Å². The molecule has 1 aromatic rings. The second-order valence-corrected chi connectivity index (χ2v) is 7.69. The standard InChI is InChI=1S/C19H29N/c1-14-8-10-15(11-9-14)20-18-12-13-19(2,3)17-7-5-4-6-16(17)18/h4-7,14-15,18,20H,8-13H2,1-3H3. The van der Waals surface area contributed by atoms with Crippen molar-refractivity contribution in [1.29, 1.82) is 0 Å². The maximum absolute atomic E-state index is 3.97. The van der Waals surface area contributed by atoms with Gasteiger partial charge >= 0.3 is 0 Å². The van der Waals surface area contributed by atoms with Crippen LogP contribution in [-0.4, -0.2) is 6.04 Å². The summed E-state index contributed by atoms with van der Waals surface area (Å²) in [6, 6.07) is 10.4. The first-order valence-corrected chi connectivity index (χ1v) is 8.42. The summed E-state index contributed by atoms with van der Waals surface area (Å²) in [5.41, 5.74) is 3.46. The molecule has 2 aliphatic carbocycles. The van der Waals surface area contributed by atoms with Crippen LogP contribution in [0.25, 0.3) is 0 Å². The molecule has 0 saturated heterocycles. The smallest absolute Gasteiger partial charge is 0.0325 e. The first kappa shape index (κ1) is 14.1. The van der Waals surface area contributed by atoms with Gasteiger partial charge in [0.2, 0.25) is 0 Å². The van der Waals surface area contributed by atoms with E-state index in [0.29, 0.717) is 11.5 Å². The molecule has 0 heterocycles. The summed E-state index contributed by atoms with van der Waals surface area (Å²) in [5.74, 6) is 0.936.